The van der Waals surface area contributed by atoms with E-state index in [2.05, 4.69) is 19.2 Å². The van der Waals surface area contributed by atoms with Crippen LogP contribution in [0.5, 0.6) is 0 Å². The van der Waals surface area contributed by atoms with Crippen LogP contribution in [0.3, 0.4) is 0 Å². The van der Waals surface area contributed by atoms with Gasteiger partial charge in [0.2, 0.25) is 0 Å². The van der Waals surface area contributed by atoms with E-state index in [-0.39, 0.29) is 11.5 Å². The summed E-state index contributed by atoms with van der Waals surface area (Å²) in [5.41, 5.74) is 0.00308. The fourth-order valence-corrected chi connectivity index (χ4v) is 2.23. The lowest BCUT2D eigenvalue weighted by atomic mass is 9.86. The van der Waals surface area contributed by atoms with Crippen molar-refractivity contribution in [1.82, 2.24) is 5.32 Å². The molecule has 0 bridgehead atoms. The van der Waals surface area contributed by atoms with E-state index in [0.717, 1.165) is 19.4 Å². The number of methoxy groups -OCH3 is 1. The van der Waals surface area contributed by atoms with E-state index in [4.69, 9.17) is 4.74 Å². The Kier molecular flexibility index (Phi) is 4.58. The molecule has 0 saturated heterocycles. The second-order valence-corrected chi connectivity index (χ2v) is 4.46. The Hall–Kier alpha value is -0.570. The molecule has 15 heavy (non-hydrogen) atoms. The van der Waals surface area contributed by atoms with E-state index >= 15 is 0 Å². The first-order valence-electron chi connectivity index (χ1n) is 6.00. The summed E-state index contributed by atoms with van der Waals surface area (Å²) in [7, 11) is 1.47. The van der Waals surface area contributed by atoms with Gasteiger partial charge in [-0.2, -0.15) is 0 Å². The molecule has 1 fully saturated rings. The third kappa shape index (κ3) is 3.20. The summed E-state index contributed by atoms with van der Waals surface area (Å²) >= 11 is 0. The Labute approximate surface area is 92.6 Å². The van der Waals surface area contributed by atoms with E-state index in [1.807, 2.05) is 0 Å². The highest BCUT2D eigenvalue weighted by Crippen LogP contribution is 2.43. The van der Waals surface area contributed by atoms with Crippen molar-refractivity contribution in [2.75, 3.05) is 13.7 Å². The molecule has 0 aliphatic heterocycles. The van der Waals surface area contributed by atoms with Gasteiger partial charge in [0, 0.05) is 5.54 Å². The van der Waals surface area contributed by atoms with Crippen LogP contribution in [0.15, 0.2) is 0 Å². The molecule has 0 amide bonds. The van der Waals surface area contributed by atoms with Crippen molar-refractivity contribution < 1.29 is 9.53 Å². The minimum absolute atomic E-state index is 0.00308. The number of hydrogen-bond acceptors (Lipinski definition) is 3. The van der Waals surface area contributed by atoms with Gasteiger partial charge in [-0.25, -0.2) is 0 Å². The van der Waals surface area contributed by atoms with Crippen LogP contribution < -0.4 is 5.32 Å². The zero-order valence-corrected chi connectivity index (χ0v) is 10.1. The van der Waals surface area contributed by atoms with E-state index in [0.29, 0.717) is 12.3 Å². The van der Waals surface area contributed by atoms with Crippen LogP contribution in [0, 0.1) is 5.92 Å². The normalized spacial score (nSPS) is 19.7. The summed E-state index contributed by atoms with van der Waals surface area (Å²) in [6.45, 7) is 5.30. The largest absolute Gasteiger partial charge is 0.469 e. The minimum Gasteiger partial charge on any atom is -0.469 e. The second-order valence-electron chi connectivity index (χ2n) is 4.46. The summed E-state index contributed by atoms with van der Waals surface area (Å²) in [6, 6.07) is 0. The van der Waals surface area contributed by atoms with Gasteiger partial charge < -0.3 is 10.1 Å². The van der Waals surface area contributed by atoms with Crippen LogP contribution in [-0.4, -0.2) is 25.2 Å². The van der Waals surface area contributed by atoms with Crippen molar-refractivity contribution in [2.45, 2.75) is 51.5 Å². The average Bonchev–Trinajstić information content (AvgIpc) is 3.08. The smallest absolute Gasteiger partial charge is 0.307 e. The lowest BCUT2D eigenvalue weighted by molar-refractivity contribution is -0.142. The molecule has 3 heteroatoms. The molecule has 0 aromatic carbocycles. The van der Waals surface area contributed by atoms with Gasteiger partial charge in [0.05, 0.1) is 13.5 Å². The topological polar surface area (TPSA) is 38.3 Å². The highest BCUT2D eigenvalue weighted by molar-refractivity contribution is 5.71. The molecule has 0 aromatic rings. The van der Waals surface area contributed by atoms with Crippen molar-refractivity contribution >= 4 is 5.97 Å². The van der Waals surface area contributed by atoms with Gasteiger partial charge in [-0.3, -0.25) is 4.79 Å². The van der Waals surface area contributed by atoms with E-state index < -0.39 is 0 Å². The molecule has 3 nitrogen and oxygen atoms in total. The third-order valence-corrected chi connectivity index (χ3v) is 3.40. The molecule has 1 unspecified atom stereocenters. The highest BCUT2D eigenvalue weighted by atomic mass is 16.5. The van der Waals surface area contributed by atoms with Crippen LogP contribution >= 0.6 is 0 Å². The van der Waals surface area contributed by atoms with Crippen LogP contribution in [0.1, 0.15) is 46.0 Å². The number of hydrogen-bond donors (Lipinski definition) is 1. The molecule has 1 rings (SSSR count). The fourth-order valence-electron chi connectivity index (χ4n) is 2.23. The van der Waals surface area contributed by atoms with Crippen molar-refractivity contribution in [3.8, 4) is 0 Å². The van der Waals surface area contributed by atoms with Crippen molar-refractivity contribution in [2.24, 2.45) is 5.92 Å². The SMILES string of the molecule is CCCNC(CC)(CC(=O)OC)C1CC1. The first-order chi connectivity index (χ1) is 7.18. The lowest BCUT2D eigenvalue weighted by Gasteiger charge is -2.33. The summed E-state index contributed by atoms with van der Waals surface area (Å²) in [5, 5.41) is 3.56. The van der Waals surface area contributed by atoms with Crippen molar-refractivity contribution in [3.05, 3.63) is 0 Å². The van der Waals surface area contributed by atoms with Gasteiger partial charge in [0.15, 0.2) is 0 Å². The number of nitrogens with one attached hydrogen (secondary N) is 1. The van der Waals surface area contributed by atoms with Gasteiger partial charge >= 0.3 is 5.97 Å². The van der Waals surface area contributed by atoms with E-state index in [9.17, 15) is 4.79 Å². The fraction of sp³-hybridized carbons (Fsp3) is 0.917. The summed E-state index contributed by atoms with van der Waals surface area (Å²) in [4.78, 5) is 11.4. The zero-order chi connectivity index (χ0) is 11.3. The standard InChI is InChI=1S/C12H23NO2/c1-4-8-13-12(5-2,10-6-7-10)9-11(14)15-3/h10,13H,4-9H2,1-3H3. The molecule has 1 aliphatic carbocycles. The van der Waals surface area contributed by atoms with Crippen molar-refractivity contribution in [3.63, 3.8) is 0 Å². The van der Waals surface area contributed by atoms with Crippen LogP contribution in [0.25, 0.3) is 0 Å². The lowest BCUT2D eigenvalue weighted by Crippen LogP contribution is -2.49. The second kappa shape index (κ2) is 5.50. The number of carbonyl (C=O) groups excluding carboxylic acids is 1. The van der Waals surface area contributed by atoms with Crippen LogP contribution in [-0.2, 0) is 9.53 Å². The highest BCUT2D eigenvalue weighted by Gasteiger charge is 2.44. The molecule has 1 saturated carbocycles. The number of esters is 1. The van der Waals surface area contributed by atoms with E-state index in [1.165, 1.54) is 20.0 Å². The van der Waals surface area contributed by atoms with Gasteiger partial charge in [0.25, 0.3) is 0 Å². The molecule has 1 atom stereocenters. The molecule has 1 N–H and O–H groups in total. The number of rotatable bonds is 7. The third-order valence-electron chi connectivity index (χ3n) is 3.40. The summed E-state index contributed by atoms with van der Waals surface area (Å²) < 4.78 is 4.79. The summed E-state index contributed by atoms with van der Waals surface area (Å²) in [5.74, 6) is 0.584. The Morgan fingerprint density at radius 1 is 1.47 bits per heavy atom. The Morgan fingerprint density at radius 2 is 2.13 bits per heavy atom. The summed E-state index contributed by atoms with van der Waals surface area (Å²) in [6.07, 6.45) is 5.14. The Morgan fingerprint density at radius 3 is 2.53 bits per heavy atom. The molecular formula is C12H23NO2. The minimum atomic E-state index is -0.0904. The van der Waals surface area contributed by atoms with E-state index in [1.54, 1.807) is 0 Å². The monoisotopic (exact) mass is 213 g/mol. The molecule has 0 heterocycles. The van der Waals surface area contributed by atoms with Gasteiger partial charge in [-0.1, -0.05) is 13.8 Å². The maximum absolute atomic E-state index is 11.4. The maximum atomic E-state index is 11.4. The molecule has 88 valence electrons. The Bertz CT molecular complexity index is 214. The maximum Gasteiger partial charge on any atom is 0.307 e. The quantitative estimate of drug-likeness (QED) is 0.658. The predicted octanol–water partition coefficient (Wildman–Crippen LogP) is 2.11. The number of ether oxygens (including phenoxy) is 1. The molecule has 0 aromatic heterocycles. The molecule has 0 spiro atoms. The number of carbonyl (C=O) groups is 1. The molecular weight excluding hydrogens is 190 g/mol. The molecule has 1 aliphatic rings. The zero-order valence-electron chi connectivity index (χ0n) is 10.1. The molecule has 0 radical (unpaired) electrons. The predicted molar refractivity (Wildman–Crippen MR) is 60.7 cm³/mol. The van der Waals surface area contributed by atoms with Crippen LogP contribution in [0.4, 0.5) is 0 Å². The Balaban J connectivity index is 2.60. The van der Waals surface area contributed by atoms with Crippen LogP contribution in [0.2, 0.25) is 0 Å². The average molecular weight is 213 g/mol. The first-order valence-corrected chi connectivity index (χ1v) is 6.00. The van der Waals surface area contributed by atoms with Gasteiger partial charge in [0.1, 0.15) is 0 Å². The van der Waals surface area contributed by atoms with Gasteiger partial charge in [-0.15, -0.1) is 0 Å². The van der Waals surface area contributed by atoms with Crippen molar-refractivity contribution in [1.29, 1.82) is 0 Å². The van der Waals surface area contributed by atoms with Gasteiger partial charge in [-0.05, 0) is 38.1 Å². The first kappa shape index (κ1) is 12.5.